The number of aromatic amines is 1. The number of H-pyrrole nitrogens is 1. The van der Waals surface area contributed by atoms with Crippen LogP contribution in [-0.4, -0.2) is 40.5 Å². The maximum absolute atomic E-state index is 13.4. The molecule has 1 atom stereocenters. The number of fused-ring (bicyclic) bond motifs is 1. The van der Waals surface area contributed by atoms with Gasteiger partial charge in [0.15, 0.2) is 5.78 Å². The molecule has 5 aromatic rings. The van der Waals surface area contributed by atoms with E-state index in [0.29, 0.717) is 16.4 Å². The maximum atomic E-state index is 13.4. The Morgan fingerprint density at radius 2 is 2.00 bits per heavy atom. The third kappa shape index (κ3) is 3.83. The van der Waals surface area contributed by atoms with Crippen LogP contribution in [0.4, 0.5) is 0 Å². The van der Waals surface area contributed by atoms with E-state index in [1.165, 1.54) is 6.33 Å². The van der Waals surface area contributed by atoms with Gasteiger partial charge in [-0.05, 0) is 66.1 Å². The van der Waals surface area contributed by atoms with Crippen molar-refractivity contribution in [1.29, 1.82) is 0 Å². The van der Waals surface area contributed by atoms with E-state index in [-0.39, 0.29) is 17.4 Å². The van der Waals surface area contributed by atoms with Crippen LogP contribution in [0.15, 0.2) is 71.9 Å². The molecule has 0 spiro atoms. The van der Waals surface area contributed by atoms with Crippen molar-refractivity contribution < 1.29 is 4.79 Å². The molecule has 0 unspecified atom stereocenters. The lowest BCUT2D eigenvalue weighted by molar-refractivity contribution is 0.101. The van der Waals surface area contributed by atoms with Gasteiger partial charge < -0.3 is 9.55 Å². The number of halogens is 1. The van der Waals surface area contributed by atoms with Crippen molar-refractivity contribution in [1.82, 2.24) is 34.7 Å². The van der Waals surface area contributed by atoms with Gasteiger partial charge in [-0.25, -0.2) is 4.98 Å². The molecule has 10 heteroatoms. The molecule has 4 heterocycles. The summed E-state index contributed by atoms with van der Waals surface area (Å²) in [6.45, 7) is 1.54. The average molecular weight is 498 g/mol. The number of Topliss-reactive ketones (excluding diaryl/α,β-unsaturated/α-hetero) is 1. The predicted octanol–water partition coefficient (Wildman–Crippen LogP) is 4.27. The minimum Gasteiger partial charge on any atom is -0.340 e. The summed E-state index contributed by atoms with van der Waals surface area (Å²) in [5.74, 6) is 0.718. The molecule has 0 aliphatic carbocycles. The van der Waals surface area contributed by atoms with Crippen LogP contribution < -0.4 is 5.56 Å². The monoisotopic (exact) mass is 497 g/mol. The smallest absolute Gasteiger partial charge is 0.252 e. The molecule has 9 nitrogen and oxygen atoms in total. The number of imidazole rings is 1. The van der Waals surface area contributed by atoms with Gasteiger partial charge in [0.1, 0.15) is 12.2 Å². The van der Waals surface area contributed by atoms with Gasteiger partial charge in [0, 0.05) is 33.5 Å². The van der Waals surface area contributed by atoms with Crippen molar-refractivity contribution in [3.8, 4) is 28.1 Å². The quantitative estimate of drug-likeness (QED) is 0.363. The molecular weight excluding hydrogens is 478 g/mol. The summed E-state index contributed by atoms with van der Waals surface area (Å²) in [6, 6.07) is 16.2. The maximum Gasteiger partial charge on any atom is 0.252 e. The predicted molar refractivity (Wildman–Crippen MR) is 134 cm³/mol. The largest absolute Gasteiger partial charge is 0.340 e. The van der Waals surface area contributed by atoms with Crippen molar-refractivity contribution in [3.05, 3.63) is 99.6 Å². The van der Waals surface area contributed by atoms with Gasteiger partial charge in [-0.3, -0.25) is 9.59 Å². The number of nitrogens with one attached hydrogen (secondary N) is 1. The van der Waals surface area contributed by atoms with Crippen molar-refractivity contribution in [2.24, 2.45) is 0 Å². The van der Waals surface area contributed by atoms with Crippen molar-refractivity contribution in [2.75, 3.05) is 0 Å². The van der Waals surface area contributed by atoms with E-state index in [1.54, 1.807) is 40.6 Å². The fourth-order valence-electron chi connectivity index (χ4n) is 4.78. The highest BCUT2D eigenvalue weighted by Gasteiger charge is 2.28. The summed E-state index contributed by atoms with van der Waals surface area (Å²) in [5.41, 5.74) is 5.36. The SMILES string of the molecule is CC(=O)c1cccc(-c2cnc([C@@H]3CCc4cc(-c5cc(Cl)ccc5-n5cnnn5)cc(=O)n43)[nH]2)c1. The number of rotatable bonds is 5. The Balaban J connectivity index is 1.37. The molecule has 6 rings (SSSR count). The van der Waals surface area contributed by atoms with Crippen LogP contribution in [0.3, 0.4) is 0 Å². The van der Waals surface area contributed by atoms with Gasteiger partial charge in [-0.2, -0.15) is 4.68 Å². The number of hydrogen-bond donors (Lipinski definition) is 1. The van der Waals surface area contributed by atoms with Crippen LogP contribution in [0.25, 0.3) is 28.1 Å². The highest BCUT2D eigenvalue weighted by Crippen LogP contribution is 2.34. The highest BCUT2D eigenvalue weighted by molar-refractivity contribution is 6.31. The lowest BCUT2D eigenvalue weighted by Gasteiger charge is -2.15. The Labute approximate surface area is 210 Å². The first-order valence-corrected chi connectivity index (χ1v) is 11.8. The van der Waals surface area contributed by atoms with Crippen molar-refractivity contribution in [3.63, 3.8) is 0 Å². The van der Waals surface area contributed by atoms with E-state index in [0.717, 1.165) is 46.6 Å². The number of pyridine rings is 1. The van der Waals surface area contributed by atoms with Gasteiger partial charge in [0.05, 0.1) is 23.6 Å². The molecule has 0 fully saturated rings. The standard InChI is InChI=1S/C26H20ClN7O2/c1-15(35)16-3-2-4-17(9-16)22-13-28-26(30-22)24-8-6-20-10-18(11-25(36)34(20)24)21-12-19(27)5-7-23(21)33-14-29-31-32-33/h2-5,7,9-14,24H,6,8H2,1H3,(H,28,30)/t24-/m0/s1. The number of ketones is 1. The minimum atomic E-state index is -0.204. The number of nitrogens with zero attached hydrogens (tertiary/aromatic N) is 6. The van der Waals surface area contributed by atoms with Crippen LogP contribution >= 0.6 is 11.6 Å². The van der Waals surface area contributed by atoms with Crippen molar-refractivity contribution in [2.45, 2.75) is 25.8 Å². The number of hydrogen-bond acceptors (Lipinski definition) is 6. The Morgan fingerprint density at radius 3 is 2.81 bits per heavy atom. The first kappa shape index (κ1) is 22.1. The number of carbonyl (C=O) groups excluding carboxylic acids is 1. The Morgan fingerprint density at radius 1 is 1.11 bits per heavy atom. The number of aromatic nitrogens is 7. The lowest BCUT2D eigenvalue weighted by atomic mass is 10.0. The molecule has 0 saturated heterocycles. The second kappa shape index (κ2) is 8.69. The van der Waals surface area contributed by atoms with Gasteiger partial charge in [0.25, 0.3) is 5.56 Å². The second-order valence-electron chi connectivity index (χ2n) is 8.73. The molecule has 178 valence electrons. The zero-order valence-corrected chi connectivity index (χ0v) is 20.0. The first-order valence-electron chi connectivity index (χ1n) is 11.4. The van der Waals surface area contributed by atoms with Crippen LogP contribution in [0, 0.1) is 0 Å². The van der Waals surface area contributed by atoms with E-state index in [2.05, 4.69) is 25.5 Å². The van der Waals surface area contributed by atoms with E-state index >= 15 is 0 Å². The number of benzene rings is 2. The fraction of sp³-hybridized carbons (Fsp3) is 0.154. The average Bonchev–Trinajstić information content (AvgIpc) is 3.64. The molecule has 2 aromatic carbocycles. The van der Waals surface area contributed by atoms with Gasteiger partial charge in [-0.1, -0.05) is 29.8 Å². The van der Waals surface area contributed by atoms with Crippen LogP contribution in [0.1, 0.15) is 41.3 Å². The summed E-state index contributed by atoms with van der Waals surface area (Å²) in [4.78, 5) is 33.1. The van der Waals surface area contributed by atoms with Crippen LogP contribution in [-0.2, 0) is 6.42 Å². The Bertz CT molecular complexity index is 1670. The van der Waals surface area contributed by atoms with Crippen LogP contribution in [0.5, 0.6) is 0 Å². The Kier molecular flexibility index (Phi) is 5.34. The van der Waals surface area contributed by atoms with Gasteiger partial charge in [0.2, 0.25) is 0 Å². The van der Waals surface area contributed by atoms with Gasteiger partial charge >= 0.3 is 0 Å². The van der Waals surface area contributed by atoms with E-state index in [4.69, 9.17) is 11.6 Å². The second-order valence-corrected chi connectivity index (χ2v) is 9.17. The fourth-order valence-corrected chi connectivity index (χ4v) is 4.95. The third-order valence-electron chi connectivity index (χ3n) is 6.49. The van der Waals surface area contributed by atoms with E-state index < -0.39 is 0 Å². The highest BCUT2D eigenvalue weighted by atomic mass is 35.5. The summed E-state index contributed by atoms with van der Waals surface area (Å²) < 4.78 is 3.34. The molecule has 0 saturated carbocycles. The number of tetrazole rings is 1. The van der Waals surface area contributed by atoms with Crippen molar-refractivity contribution >= 4 is 17.4 Å². The molecule has 1 aliphatic rings. The molecule has 0 bridgehead atoms. The summed E-state index contributed by atoms with van der Waals surface area (Å²) in [7, 11) is 0. The summed E-state index contributed by atoms with van der Waals surface area (Å²) in [5, 5.41) is 12.0. The molecule has 1 N–H and O–H groups in total. The minimum absolute atomic E-state index is 0.00612. The molecular formula is C26H20ClN7O2. The molecule has 0 radical (unpaired) electrons. The van der Waals surface area contributed by atoms with Crippen LogP contribution in [0.2, 0.25) is 5.02 Å². The van der Waals surface area contributed by atoms with E-state index in [1.807, 2.05) is 36.4 Å². The first-order chi connectivity index (χ1) is 17.5. The summed E-state index contributed by atoms with van der Waals surface area (Å²) in [6.07, 6.45) is 4.72. The molecule has 0 amide bonds. The Hall–Kier alpha value is -4.37. The molecule has 1 aliphatic heterocycles. The number of carbonyl (C=O) groups is 1. The van der Waals surface area contributed by atoms with Gasteiger partial charge in [-0.15, -0.1) is 5.10 Å². The molecule has 3 aromatic heterocycles. The third-order valence-corrected chi connectivity index (χ3v) is 6.73. The molecule has 36 heavy (non-hydrogen) atoms. The number of aryl methyl sites for hydroxylation is 1. The topological polar surface area (TPSA) is 111 Å². The summed E-state index contributed by atoms with van der Waals surface area (Å²) >= 11 is 6.29. The van der Waals surface area contributed by atoms with E-state index in [9.17, 15) is 9.59 Å². The zero-order valence-electron chi connectivity index (χ0n) is 19.2. The normalized spacial score (nSPS) is 14.7. The zero-order chi connectivity index (χ0) is 24.8. The lowest BCUT2D eigenvalue weighted by Crippen LogP contribution is -2.23.